The molecule has 1 radical (unpaired) electrons. The molecule has 0 aromatic heterocycles. The third kappa shape index (κ3) is 3.70. The minimum Gasteiger partial charge on any atom is -0.204 e. The van der Waals surface area contributed by atoms with Gasteiger partial charge in [-0.15, -0.1) is 0 Å². The van der Waals surface area contributed by atoms with E-state index in [2.05, 4.69) is 0 Å². The Morgan fingerprint density at radius 2 is 1.24 bits per heavy atom. The zero-order valence-electron chi connectivity index (χ0n) is 9.59. The van der Waals surface area contributed by atoms with Crippen molar-refractivity contribution in [3.8, 4) is 0 Å². The zero-order valence-corrected chi connectivity index (χ0v) is 11.6. The van der Waals surface area contributed by atoms with Crippen molar-refractivity contribution in [3.63, 3.8) is 0 Å². The van der Waals surface area contributed by atoms with E-state index in [0.717, 1.165) is 13.7 Å². The Balaban J connectivity index is 0.00000256. The van der Waals surface area contributed by atoms with Crippen LogP contribution in [-0.4, -0.2) is 7.28 Å². The van der Waals surface area contributed by atoms with Crippen LogP contribution < -0.4 is 35.0 Å². The number of unbranched alkanes of at least 4 members (excludes halogenated alkanes) is 1. The van der Waals surface area contributed by atoms with Crippen molar-refractivity contribution in [2.75, 3.05) is 0 Å². The summed E-state index contributed by atoms with van der Waals surface area (Å²) in [5.74, 6) is -9.47. The van der Waals surface area contributed by atoms with Gasteiger partial charge in [0.2, 0.25) is 0 Å². The molecule has 0 aliphatic carbocycles. The van der Waals surface area contributed by atoms with Crippen LogP contribution in [0.2, 0.25) is 6.32 Å². The average Bonchev–Trinajstić information content (AvgIpc) is 2.28. The smallest absolute Gasteiger partial charge is 0.204 e. The summed E-state index contributed by atoms with van der Waals surface area (Å²) in [4.78, 5) is 0. The molecule has 0 spiro atoms. The second kappa shape index (κ2) is 7.39. The van der Waals surface area contributed by atoms with E-state index in [-0.39, 0.29) is 35.9 Å². The minimum absolute atomic E-state index is 0. The Morgan fingerprint density at radius 1 is 0.824 bits per heavy atom. The number of halogens is 5. The SMILES string of the molecule is CCCC[B]c1c(F)c(F)c(F)c(F)c1F.[Na+]. The summed E-state index contributed by atoms with van der Waals surface area (Å²) < 4.78 is 64.3. The minimum atomic E-state index is -2.12. The van der Waals surface area contributed by atoms with Gasteiger partial charge in [-0.25, -0.2) is 22.0 Å². The number of benzene rings is 1. The maximum atomic E-state index is 13.1. The Morgan fingerprint density at radius 3 is 1.65 bits per heavy atom. The van der Waals surface area contributed by atoms with Crippen LogP contribution in [0, 0.1) is 29.1 Å². The number of rotatable bonds is 4. The van der Waals surface area contributed by atoms with Crippen molar-refractivity contribution in [1.29, 1.82) is 0 Å². The quantitative estimate of drug-likeness (QED) is 0.233. The zero-order chi connectivity index (χ0) is 12.3. The molecule has 0 saturated heterocycles. The van der Waals surface area contributed by atoms with E-state index in [1.165, 1.54) is 0 Å². The fourth-order valence-corrected chi connectivity index (χ4v) is 1.25. The third-order valence-electron chi connectivity index (χ3n) is 2.15. The fourth-order valence-electron chi connectivity index (χ4n) is 1.25. The van der Waals surface area contributed by atoms with Crippen molar-refractivity contribution in [1.82, 2.24) is 0 Å². The van der Waals surface area contributed by atoms with E-state index >= 15 is 0 Å². The number of hydrogen-bond acceptors (Lipinski definition) is 0. The standard InChI is InChI=1S/C10H9BF5.Na/c1-2-3-4-11-5-6(12)8(14)10(16)9(15)7(5)13;/h2-4H2,1H3;/q;+1. The van der Waals surface area contributed by atoms with Gasteiger partial charge in [-0.3, -0.25) is 0 Å². The molecule has 0 nitrogen and oxygen atoms in total. The molecule has 0 bridgehead atoms. The molecule has 0 aliphatic rings. The predicted molar refractivity (Wildman–Crippen MR) is 51.3 cm³/mol. The number of hydrogen-bond donors (Lipinski definition) is 0. The first kappa shape index (κ1) is 16.9. The molecule has 87 valence electrons. The monoisotopic (exact) mass is 258 g/mol. The van der Waals surface area contributed by atoms with Gasteiger partial charge >= 0.3 is 29.6 Å². The van der Waals surface area contributed by atoms with Gasteiger partial charge in [0.05, 0.1) is 0 Å². The molecule has 0 atom stereocenters. The largest absolute Gasteiger partial charge is 1.00 e. The summed E-state index contributed by atoms with van der Waals surface area (Å²) in [5.41, 5.74) is -0.843. The van der Waals surface area contributed by atoms with Gasteiger partial charge in [0, 0.05) is 0 Å². The van der Waals surface area contributed by atoms with Crippen LogP contribution in [0.25, 0.3) is 0 Å². The Kier molecular flexibility index (Phi) is 7.36. The summed E-state index contributed by atoms with van der Waals surface area (Å²) in [6.45, 7) is 1.85. The Labute approximate surface area is 119 Å². The predicted octanol–water partition coefficient (Wildman–Crippen LogP) is -0.0660. The topological polar surface area (TPSA) is 0 Å². The van der Waals surface area contributed by atoms with Crippen molar-refractivity contribution in [2.45, 2.75) is 26.1 Å². The van der Waals surface area contributed by atoms with Gasteiger partial charge in [0.25, 0.3) is 0 Å². The molecule has 0 heterocycles. The molecule has 7 heteroatoms. The Hall–Kier alpha value is -0.0651. The molecule has 0 amide bonds. The van der Waals surface area contributed by atoms with Crippen LogP contribution in [0.1, 0.15) is 19.8 Å². The van der Waals surface area contributed by atoms with Gasteiger partial charge < -0.3 is 0 Å². The van der Waals surface area contributed by atoms with Gasteiger partial charge in [-0.2, -0.15) is 0 Å². The first-order chi connectivity index (χ1) is 7.50. The van der Waals surface area contributed by atoms with Gasteiger partial charge in [-0.1, -0.05) is 26.1 Å². The van der Waals surface area contributed by atoms with Crippen LogP contribution >= 0.6 is 0 Å². The van der Waals surface area contributed by atoms with Gasteiger partial charge in [-0.05, 0) is 5.46 Å². The summed E-state index contributed by atoms with van der Waals surface area (Å²) in [5, 5.41) is 0. The second-order valence-electron chi connectivity index (χ2n) is 3.33. The second-order valence-corrected chi connectivity index (χ2v) is 3.33. The van der Waals surface area contributed by atoms with Crippen LogP contribution in [0.3, 0.4) is 0 Å². The van der Waals surface area contributed by atoms with E-state index in [1.807, 2.05) is 6.92 Å². The molecular weight excluding hydrogens is 249 g/mol. The molecular formula is C10H9BF5Na+. The maximum absolute atomic E-state index is 13.1. The van der Waals surface area contributed by atoms with Crippen LogP contribution in [0.15, 0.2) is 0 Å². The van der Waals surface area contributed by atoms with E-state index in [4.69, 9.17) is 0 Å². The molecule has 1 aromatic rings. The molecule has 1 aromatic carbocycles. The van der Waals surface area contributed by atoms with Crippen molar-refractivity contribution in [2.24, 2.45) is 0 Å². The summed E-state index contributed by atoms with van der Waals surface area (Å²) in [6, 6.07) is 0. The summed E-state index contributed by atoms with van der Waals surface area (Å²) in [7, 11) is 1.03. The van der Waals surface area contributed by atoms with Crippen molar-refractivity contribution < 1.29 is 51.5 Å². The van der Waals surface area contributed by atoms with Crippen LogP contribution in [0.4, 0.5) is 22.0 Å². The van der Waals surface area contributed by atoms with Gasteiger partial charge in [0.15, 0.2) is 36.4 Å². The summed E-state index contributed by atoms with van der Waals surface area (Å²) in [6.07, 6.45) is 1.67. The molecule has 0 N–H and O–H groups in total. The average molecular weight is 258 g/mol. The van der Waals surface area contributed by atoms with Gasteiger partial charge in [0.1, 0.15) is 0 Å². The van der Waals surface area contributed by atoms with Crippen molar-refractivity contribution in [3.05, 3.63) is 29.1 Å². The van der Waals surface area contributed by atoms with E-state index in [1.54, 1.807) is 0 Å². The van der Waals surface area contributed by atoms with Crippen molar-refractivity contribution >= 4 is 12.7 Å². The van der Waals surface area contributed by atoms with E-state index in [9.17, 15) is 22.0 Å². The Bertz CT molecular complexity index is 368. The van der Waals surface area contributed by atoms with Crippen LogP contribution in [0.5, 0.6) is 0 Å². The molecule has 0 unspecified atom stereocenters. The molecule has 0 fully saturated rings. The first-order valence-electron chi connectivity index (χ1n) is 4.85. The maximum Gasteiger partial charge on any atom is 1.00 e. The van der Waals surface area contributed by atoms with E-state index in [0.29, 0.717) is 6.42 Å². The van der Waals surface area contributed by atoms with E-state index < -0.39 is 34.5 Å². The first-order valence-corrected chi connectivity index (χ1v) is 4.85. The molecule has 17 heavy (non-hydrogen) atoms. The molecule has 0 aliphatic heterocycles. The summed E-state index contributed by atoms with van der Waals surface area (Å²) >= 11 is 0. The van der Waals surface area contributed by atoms with Crippen LogP contribution in [-0.2, 0) is 0 Å². The fraction of sp³-hybridized carbons (Fsp3) is 0.400. The molecule has 1 rings (SSSR count). The molecule has 0 saturated carbocycles. The normalized spacial score (nSPS) is 10.0. The third-order valence-corrected chi connectivity index (χ3v) is 2.15.